The molecule has 24 heavy (non-hydrogen) atoms. The van der Waals surface area contributed by atoms with E-state index in [-0.39, 0.29) is 12.4 Å². The summed E-state index contributed by atoms with van der Waals surface area (Å²) < 4.78 is 9.58. The number of ether oxygens (including phenoxy) is 2. The molecule has 7 nitrogen and oxygen atoms in total. The third-order valence-electron chi connectivity index (χ3n) is 2.98. The first-order chi connectivity index (χ1) is 11.5. The molecule has 7 heteroatoms. The van der Waals surface area contributed by atoms with Crippen molar-refractivity contribution in [3.05, 3.63) is 48.0 Å². The molecule has 0 aromatic heterocycles. The zero-order chi connectivity index (χ0) is 17.5. The SMILES string of the molecule is CCOC(=O)Oc1ccc(NC(=O)Nc2ccc(C)cc2O)cc1. The number of nitrogens with one attached hydrogen (secondary N) is 2. The number of aromatic hydroxyl groups is 1. The number of benzene rings is 2. The van der Waals surface area contributed by atoms with Crippen LogP contribution in [0.3, 0.4) is 0 Å². The standard InChI is InChI=1S/C17H18N2O5/c1-3-23-17(22)24-13-7-5-12(6-8-13)18-16(21)19-14-9-4-11(2)10-15(14)20/h4-10,20H,3H2,1-2H3,(H2,18,19,21). The van der Waals surface area contributed by atoms with Gasteiger partial charge in [-0.1, -0.05) is 6.07 Å². The molecule has 0 aliphatic heterocycles. The lowest BCUT2D eigenvalue weighted by molar-refractivity contribution is 0.104. The van der Waals surface area contributed by atoms with Crippen LogP contribution in [0.1, 0.15) is 12.5 Å². The minimum absolute atomic E-state index is 0.0108. The molecule has 2 amide bonds. The Labute approximate surface area is 139 Å². The molecule has 0 saturated carbocycles. The molecule has 0 bridgehead atoms. The summed E-state index contributed by atoms with van der Waals surface area (Å²) in [5, 5.41) is 14.9. The van der Waals surface area contributed by atoms with Gasteiger partial charge in [0.05, 0.1) is 12.3 Å². The lowest BCUT2D eigenvalue weighted by atomic mass is 10.2. The number of hydrogen-bond donors (Lipinski definition) is 3. The van der Waals surface area contributed by atoms with Gasteiger partial charge in [0.15, 0.2) is 0 Å². The number of urea groups is 1. The highest BCUT2D eigenvalue weighted by Gasteiger charge is 2.08. The number of phenols is 1. The fourth-order valence-electron chi connectivity index (χ4n) is 1.88. The van der Waals surface area contributed by atoms with Crippen LogP contribution >= 0.6 is 0 Å². The third kappa shape index (κ3) is 4.91. The van der Waals surface area contributed by atoms with E-state index in [2.05, 4.69) is 15.4 Å². The Bertz CT molecular complexity index is 728. The summed E-state index contributed by atoms with van der Waals surface area (Å²) >= 11 is 0. The largest absolute Gasteiger partial charge is 0.513 e. The average molecular weight is 330 g/mol. The highest BCUT2D eigenvalue weighted by molar-refractivity contribution is 6.00. The molecular formula is C17H18N2O5. The topological polar surface area (TPSA) is 96.9 Å². The van der Waals surface area contributed by atoms with E-state index in [9.17, 15) is 14.7 Å². The number of carbonyl (C=O) groups excluding carboxylic acids is 2. The molecule has 0 heterocycles. The maximum Gasteiger partial charge on any atom is 0.513 e. The Kier molecular flexibility index (Phi) is 5.62. The normalized spacial score (nSPS) is 9.92. The van der Waals surface area contributed by atoms with E-state index in [1.807, 2.05) is 6.92 Å². The van der Waals surface area contributed by atoms with E-state index in [0.717, 1.165) is 5.56 Å². The van der Waals surface area contributed by atoms with Gasteiger partial charge in [0.25, 0.3) is 0 Å². The van der Waals surface area contributed by atoms with E-state index in [1.54, 1.807) is 37.3 Å². The van der Waals surface area contributed by atoms with Crippen LogP contribution < -0.4 is 15.4 Å². The zero-order valence-electron chi connectivity index (χ0n) is 13.3. The zero-order valence-corrected chi connectivity index (χ0v) is 13.3. The highest BCUT2D eigenvalue weighted by Crippen LogP contribution is 2.24. The number of hydrogen-bond acceptors (Lipinski definition) is 5. The van der Waals surface area contributed by atoms with E-state index in [0.29, 0.717) is 17.1 Å². The molecule has 2 aromatic carbocycles. The second-order valence-electron chi connectivity index (χ2n) is 4.91. The van der Waals surface area contributed by atoms with Crippen LogP contribution in [-0.2, 0) is 4.74 Å². The quantitative estimate of drug-likeness (QED) is 0.449. The van der Waals surface area contributed by atoms with Gasteiger partial charge in [-0.2, -0.15) is 0 Å². The number of phenolic OH excluding ortho intramolecular Hbond substituents is 1. The first-order valence-corrected chi connectivity index (χ1v) is 7.30. The molecule has 0 radical (unpaired) electrons. The van der Waals surface area contributed by atoms with Gasteiger partial charge in [0.1, 0.15) is 11.5 Å². The molecule has 2 rings (SSSR count). The van der Waals surface area contributed by atoms with Gasteiger partial charge in [-0.05, 0) is 55.8 Å². The molecule has 0 aliphatic carbocycles. The molecule has 0 fully saturated rings. The number of carbonyl (C=O) groups is 2. The fraction of sp³-hybridized carbons (Fsp3) is 0.176. The van der Waals surface area contributed by atoms with Crippen LogP contribution in [-0.4, -0.2) is 23.9 Å². The first kappa shape index (κ1) is 17.1. The van der Waals surface area contributed by atoms with E-state index in [1.165, 1.54) is 12.1 Å². The van der Waals surface area contributed by atoms with Crippen LogP contribution in [0.15, 0.2) is 42.5 Å². The van der Waals surface area contributed by atoms with Crippen molar-refractivity contribution in [2.45, 2.75) is 13.8 Å². The average Bonchev–Trinajstić information content (AvgIpc) is 2.52. The summed E-state index contributed by atoms with van der Waals surface area (Å²) in [6.07, 6.45) is -0.786. The summed E-state index contributed by atoms with van der Waals surface area (Å²) in [6, 6.07) is 10.6. The minimum Gasteiger partial charge on any atom is -0.506 e. The minimum atomic E-state index is -0.786. The van der Waals surface area contributed by atoms with Crippen LogP contribution in [0.25, 0.3) is 0 Å². The van der Waals surface area contributed by atoms with Gasteiger partial charge in [0.2, 0.25) is 0 Å². The van der Waals surface area contributed by atoms with Gasteiger partial charge in [-0.25, -0.2) is 9.59 Å². The fourth-order valence-corrected chi connectivity index (χ4v) is 1.88. The molecule has 126 valence electrons. The predicted octanol–water partition coefficient (Wildman–Crippen LogP) is 3.88. The molecule has 0 unspecified atom stereocenters. The van der Waals surface area contributed by atoms with Crippen molar-refractivity contribution >= 4 is 23.6 Å². The van der Waals surface area contributed by atoms with Crippen molar-refractivity contribution < 1.29 is 24.2 Å². The van der Waals surface area contributed by atoms with Crippen LogP contribution in [0.4, 0.5) is 21.0 Å². The Morgan fingerprint density at radius 1 is 1.08 bits per heavy atom. The summed E-state index contributed by atoms with van der Waals surface area (Å²) in [5.41, 5.74) is 1.69. The van der Waals surface area contributed by atoms with Crippen molar-refractivity contribution in [3.8, 4) is 11.5 Å². The maximum atomic E-state index is 11.9. The van der Waals surface area contributed by atoms with E-state index < -0.39 is 12.2 Å². The van der Waals surface area contributed by atoms with Crippen molar-refractivity contribution in [3.63, 3.8) is 0 Å². The van der Waals surface area contributed by atoms with Gasteiger partial charge < -0.3 is 25.2 Å². The second kappa shape index (κ2) is 7.87. The van der Waals surface area contributed by atoms with Gasteiger partial charge in [-0.15, -0.1) is 0 Å². The Morgan fingerprint density at radius 3 is 2.42 bits per heavy atom. The Hall–Kier alpha value is -3.22. The van der Waals surface area contributed by atoms with Gasteiger partial charge in [-0.3, -0.25) is 0 Å². The van der Waals surface area contributed by atoms with E-state index >= 15 is 0 Å². The molecular weight excluding hydrogens is 312 g/mol. The number of rotatable bonds is 4. The lowest BCUT2D eigenvalue weighted by Crippen LogP contribution is -2.19. The van der Waals surface area contributed by atoms with Crippen molar-refractivity contribution in [2.24, 2.45) is 0 Å². The highest BCUT2D eigenvalue weighted by atomic mass is 16.7. The van der Waals surface area contributed by atoms with Gasteiger partial charge >= 0.3 is 12.2 Å². The summed E-state index contributed by atoms with van der Waals surface area (Å²) in [5.74, 6) is 0.291. The van der Waals surface area contributed by atoms with Crippen molar-refractivity contribution in [1.29, 1.82) is 0 Å². The molecule has 2 aromatic rings. The number of anilines is 2. The smallest absolute Gasteiger partial charge is 0.506 e. The summed E-state index contributed by atoms with van der Waals surface area (Å²) in [6.45, 7) is 3.74. The van der Waals surface area contributed by atoms with Crippen LogP contribution in [0.5, 0.6) is 11.5 Å². The molecule has 0 saturated heterocycles. The number of amides is 2. The molecule has 3 N–H and O–H groups in total. The predicted molar refractivity (Wildman–Crippen MR) is 89.6 cm³/mol. The summed E-state index contributed by atoms with van der Waals surface area (Å²) in [4.78, 5) is 23.1. The Morgan fingerprint density at radius 2 is 1.79 bits per heavy atom. The Balaban J connectivity index is 1.93. The maximum absolute atomic E-state index is 11.9. The van der Waals surface area contributed by atoms with E-state index in [4.69, 9.17) is 4.74 Å². The first-order valence-electron chi connectivity index (χ1n) is 7.30. The van der Waals surface area contributed by atoms with Crippen molar-refractivity contribution in [1.82, 2.24) is 0 Å². The molecule has 0 aliphatic rings. The van der Waals surface area contributed by atoms with Crippen LogP contribution in [0.2, 0.25) is 0 Å². The third-order valence-corrected chi connectivity index (χ3v) is 2.98. The monoisotopic (exact) mass is 330 g/mol. The molecule has 0 spiro atoms. The number of aryl methyl sites for hydroxylation is 1. The van der Waals surface area contributed by atoms with Gasteiger partial charge in [0, 0.05) is 5.69 Å². The lowest BCUT2D eigenvalue weighted by Gasteiger charge is -2.10. The summed E-state index contributed by atoms with van der Waals surface area (Å²) in [7, 11) is 0. The molecule has 0 atom stereocenters. The van der Waals surface area contributed by atoms with Crippen LogP contribution in [0, 0.1) is 6.92 Å². The van der Waals surface area contributed by atoms with Crippen molar-refractivity contribution in [2.75, 3.05) is 17.2 Å². The second-order valence-corrected chi connectivity index (χ2v) is 4.91.